The molecule has 88 valence electrons. The summed E-state index contributed by atoms with van der Waals surface area (Å²) in [4.78, 5) is 2.54. The standard InChI is InChI=1S/C14H22N2/c1-14(2)11-16(9-8-15-3)10-12-6-4-5-7-13(12)14/h4-7,15H,8-11H2,1-3H3. The van der Waals surface area contributed by atoms with E-state index in [1.807, 2.05) is 7.05 Å². The molecule has 2 heteroatoms. The molecule has 0 aliphatic carbocycles. The third kappa shape index (κ3) is 2.28. The van der Waals surface area contributed by atoms with Crippen LogP contribution in [0.25, 0.3) is 0 Å². The Morgan fingerprint density at radius 3 is 2.81 bits per heavy atom. The van der Waals surface area contributed by atoms with Crippen LogP contribution in [0.15, 0.2) is 24.3 Å². The van der Waals surface area contributed by atoms with Crippen molar-refractivity contribution in [1.29, 1.82) is 0 Å². The largest absolute Gasteiger partial charge is 0.318 e. The summed E-state index contributed by atoms with van der Waals surface area (Å²) >= 11 is 0. The average molecular weight is 218 g/mol. The molecule has 0 aromatic heterocycles. The summed E-state index contributed by atoms with van der Waals surface area (Å²) in [7, 11) is 2.02. The van der Waals surface area contributed by atoms with Crippen molar-refractivity contribution in [3.8, 4) is 0 Å². The van der Waals surface area contributed by atoms with Crippen LogP contribution in [0.1, 0.15) is 25.0 Å². The Balaban J connectivity index is 2.19. The highest BCUT2D eigenvalue weighted by atomic mass is 15.1. The number of nitrogens with one attached hydrogen (secondary N) is 1. The van der Waals surface area contributed by atoms with Crippen molar-refractivity contribution in [2.75, 3.05) is 26.7 Å². The fraction of sp³-hybridized carbons (Fsp3) is 0.571. The summed E-state index contributed by atoms with van der Waals surface area (Å²) in [5.74, 6) is 0. The molecule has 0 amide bonds. The van der Waals surface area contributed by atoms with Crippen LogP contribution in [-0.4, -0.2) is 31.6 Å². The third-order valence-corrected chi connectivity index (χ3v) is 3.44. The van der Waals surface area contributed by atoms with Crippen LogP contribution in [0.2, 0.25) is 0 Å². The molecule has 0 bridgehead atoms. The van der Waals surface area contributed by atoms with Crippen LogP contribution in [-0.2, 0) is 12.0 Å². The van der Waals surface area contributed by atoms with Crippen LogP contribution in [0, 0.1) is 0 Å². The SMILES string of the molecule is CNCCN1Cc2ccccc2C(C)(C)C1. The van der Waals surface area contributed by atoms with Gasteiger partial charge in [0.1, 0.15) is 0 Å². The van der Waals surface area contributed by atoms with Gasteiger partial charge >= 0.3 is 0 Å². The van der Waals surface area contributed by atoms with Gasteiger partial charge in [0.25, 0.3) is 0 Å². The summed E-state index contributed by atoms with van der Waals surface area (Å²) in [5.41, 5.74) is 3.30. The Labute approximate surface area is 98.7 Å². The van der Waals surface area contributed by atoms with Gasteiger partial charge in [0, 0.05) is 31.6 Å². The first-order valence-electron chi connectivity index (χ1n) is 6.09. The molecule has 0 atom stereocenters. The Morgan fingerprint density at radius 1 is 1.31 bits per heavy atom. The first-order chi connectivity index (χ1) is 7.63. The lowest BCUT2D eigenvalue weighted by molar-refractivity contribution is 0.196. The molecule has 0 radical (unpaired) electrons. The minimum absolute atomic E-state index is 0.280. The van der Waals surface area contributed by atoms with E-state index in [9.17, 15) is 0 Å². The molecule has 0 saturated carbocycles. The molecular weight excluding hydrogens is 196 g/mol. The van der Waals surface area contributed by atoms with E-state index in [-0.39, 0.29) is 5.41 Å². The van der Waals surface area contributed by atoms with Crippen LogP contribution in [0.4, 0.5) is 0 Å². The van der Waals surface area contributed by atoms with Crippen LogP contribution < -0.4 is 5.32 Å². The second-order valence-corrected chi connectivity index (χ2v) is 5.36. The predicted molar refractivity (Wildman–Crippen MR) is 68.7 cm³/mol. The summed E-state index contributed by atoms with van der Waals surface area (Å²) in [5, 5.41) is 3.22. The first kappa shape index (κ1) is 11.6. The van der Waals surface area contributed by atoms with Crippen molar-refractivity contribution in [2.45, 2.75) is 25.8 Å². The molecule has 1 aromatic rings. The number of hydrogen-bond acceptors (Lipinski definition) is 2. The molecule has 0 fully saturated rings. The van der Waals surface area contributed by atoms with Crippen LogP contribution >= 0.6 is 0 Å². The summed E-state index contributed by atoms with van der Waals surface area (Å²) < 4.78 is 0. The lowest BCUT2D eigenvalue weighted by Gasteiger charge is -2.40. The zero-order valence-electron chi connectivity index (χ0n) is 10.6. The van der Waals surface area contributed by atoms with E-state index in [4.69, 9.17) is 0 Å². The van der Waals surface area contributed by atoms with Crippen molar-refractivity contribution >= 4 is 0 Å². The lowest BCUT2D eigenvalue weighted by Crippen LogP contribution is -2.44. The Bertz CT molecular complexity index is 358. The molecule has 1 heterocycles. The van der Waals surface area contributed by atoms with Crippen LogP contribution in [0.5, 0.6) is 0 Å². The zero-order valence-corrected chi connectivity index (χ0v) is 10.6. The number of fused-ring (bicyclic) bond motifs is 1. The van der Waals surface area contributed by atoms with Gasteiger partial charge in [-0.05, 0) is 18.2 Å². The molecule has 1 aliphatic rings. The van der Waals surface area contributed by atoms with Gasteiger partial charge in [-0.2, -0.15) is 0 Å². The van der Waals surface area contributed by atoms with E-state index in [0.717, 1.165) is 26.2 Å². The number of rotatable bonds is 3. The fourth-order valence-corrected chi connectivity index (χ4v) is 2.69. The summed E-state index contributed by atoms with van der Waals surface area (Å²) in [6.45, 7) is 9.15. The zero-order chi connectivity index (χ0) is 11.6. The van der Waals surface area contributed by atoms with Crippen molar-refractivity contribution in [3.05, 3.63) is 35.4 Å². The molecule has 16 heavy (non-hydrogen) atoms. The second kappa shape index (κ2) is 4.56. The topological polar surface area (TPSA) is 15.3 Å². The maximum absolute atomic E-state index is 3.22. The second-order valence-electron chi connectivity index (χ2n) is 5.36. The number of benzene rings is 1. The van der Waals surface area contributed by atoms with Crippen LogP contribution in [0.3, 0.4) is 0 Å². The van der Waals surface area contributed by atoms with Crippen molar-refractivity contribution in [1.82, 2.24) is 10.2 Å². The smallest absolute Gasteiger partial charge is 0.0237 e. The highest BCUT2D eigenvalue weighted by Crippen LogP contribution is 2.32. The third-order valence-electron chi connectivity index (χ3n) is 3.44. The minimum atomic E-state index is 0.280. The molecule has 2 rings (SSSR count). The number of nitrogens with zero attached hydrogens (tertiary/aromatic N) is 1. The molecule has 0 saturated heterocycles. The molecule has 0 unspecified atom stereocenters. The number of likely N-dealkylation sites (N-methyl/N-ethyl adjacent to an activating group) is 1. The van der Waals surface area contributed by atoms with Gasteiger partial charge in [-0.3, -0.25) is 4.90 Å². The van der Waals surface area contributed by atoms with Gasteiger partial charge in [-0.1, -0.05) is 38.1 Å². The van der Waals surface area contributed by atoms with Gasteiger partial charge in [0.15, 0.2) is 0 Å². The fourth-order valence-electron chi connectivity index (χ4n) is 2.69. The van der Waals surface area contributed by atoms with Crippen molar-refractivity contribution in [2.24, 2.45) is 0 Å². The van der Waals surface area contributed by atoms with Gasteiger partial charge in [-0.15, -0.1) is 0 Å². The Hall–Kier alpha value is -0.860. The lowest BCUT2D eigenvalue weighted by atomic mass is 9.78. The Kier molecular flexibility index (Phi) is 3.31. The first-order valence-corrected chi connectivity index (χ1v) is 6.09. The molecule has 2 nitrogen and oxygen atoms in total. The molecule has 1 aliphatic heterocycles. The maximum Gasteiger partial charge on any atom is 0.0237 e. The van der Waals surface area contributed by atoms with Crippen molar-refractivity contribution < 1.29 is 0 Å². The van der Waals surface area contributed by atoms with E-state index < -0.39 is 0 Å². The van der Waals surface area contributed by atoms with Crippen molar-refractivity contribution in [3.63, 3.8) is 0 Å². The normalized spacial score (nSPS) is 19.4. The average Bonchev–Trinajstić information content (AvgIpc) is 2.25. The van der Waals surface area contributed by atoms with Gasteiger partial charge in [0.2, 0.25) is 0 Å². The minimum Gasteiger partial charge on any atom is -0.318 e. The van der Waals surface area contributed by atoms with Gasteiger partial charge < -0.3 is 5.32 Å². The molecule has 0 spiro atoms. The van der Waals surface area contributed by atoms with E-state index >= 15 is 0 Å². The van der Waals surface area contributed by atoms with E-state index in [0.29, 0.717) is 0 Å². The van der Waals surface area contributed by atoms with Gasteiger partial charge in [0.05, 0.1) is 0 Å². The molecular formula is C14H22N2. The molecule has 1 aromatic carbocycles. The molecule has 1 N–H and O–H groups in total. The Morgan fingerprint density at radius 2 is 2.06 bits per heavy atom. The summed E-state index contributed by atoms with van der Waals surface area (Å²) in [6.07, 6.45) is 0. The van der Waals surface area contributed by atoms with E-state index in [2.05, 4.69) is 48.3 Å². The van der Waals surface area contributed by atoms with Gasteiger partial charge in [-0.25, -0.2) is 0 Å². The van der Waals surface area contributed by atoms with E-state index in [1.165, 1.54) is 11.1 Å². The maximum atomic E-state index is 3.22. The highest BCUT2D eigenvalue weighted by molar-refractivity contribution is 5.35. The summed E-state index contributed by atoms with van der Waals surface area (Å²) in [6, 6.07) is 8.85. The highest BCUT2D eigenvalue weighted by Gasteiger charge is 2.30. The quantitative estimate of drug-likeness (QED) is 0.835. The number of hydrogen-bond donors (Lipinski definition) is 1. The van der Waals surface area contributed by atoms with E-state index in [1.54, 1.807) is 0 Å². The monoisotopic (exact) mass is 218 g/mol. The predicted octanol–water partition coefficient (Wildman–Crippen LogP) is 2.00.